The van der Waals surface area contributed by atoms with Gasteiger partial charge in [0.05, 0.1) is 0 Å². The Bertz CT molecular complexity index is 574. The lowest BCUT2D eigenvalue weighted by Gasteiger charge is -2.27. The fourth-order valence-corrected chi connectivity index (χ4v) is 3.86. The lowest BCUT2D eigenvalue weighted by atomic mass is 9.96. The van der Waals surface area contributed by atoms with Crippen LogP contribution in [0.4, 0.5) is 0 Å². The van der Waals surface area contributed by atoms with Crippen LogP contribution in [0.2, 0.25) is 0 Å². The van der Waals surface area contributed by atoms with Crippen molar-refractivity contribution in [3.8, 4) is 0 Å². The summed E-state index contributed by atoms with van der Waals surface area (Å²) >= 11 is 0. The molecule has 0 radical (unpaired) electrons. The Kier molecular flexibility index (Phi) is 3.68. The molecule has 108 valence electrons. The van der Waals surface area contributed by atoms with Gasteiger partial charge in [0.25, 0.3) is 14.2 Å². The van der Waals surface area contributed by atoms with E-state index in [1.54, 1.807) is 4.57 Å². The molecule has 0 aliphatic heterocycles. The van der Waals surface area contributed by atoms with Gasteiger partial charge >= 0.3 is 0 Å². The molecule has 1 saturated carbocycles. The molecule has 2 unspecified atom stereocenters. The quantitative estimate of drug-likeness (QED) is 0.788. The van der Waals surface area contributed by atoms with Gasteiger partial charge in [-0.05, 0) is 39.5 Å². The van der Waals surface area contributed by atoms with Gasteiger partial charge in [0.1, 0.15) is 5.82 Å². The molecule has 5 nitrogen and oxygen atoms in total. The average molecular weight is 306 g/mol. The van der Waals surface area contributed by atoms with E-state index in [1.165, 1.54) is 0 Å². The molecular weight excluding hydrogens is 286 g/mol. The third-order valence-electron chi connectivity index (χ3n) is 3.74. The lowest BCUT2D eigenvalue weighted by Crippen LogP contribution is -2.28. The number of nitrogens with zero attached hydrogens (tertiary/aromatic N) is 3. The van der Waals surface area contributed by atoms with Crippen LogP contribution in [0.1, 0.15) is 58.7 Å². The van der Waals surface area contributed by atoms with E-state index in [9.17, 15) is 8.42 Å². The van der Waals surface area contributed by atoms with Crippen LogP contribution < -0.4 is 0 Å². The molecule has 0 N–H and O–H groups in total. The van der Waals surface area contributed by atoms with E-state index in [1.807, 2.05) is 20.8 Å². The van der Waals surface area contributed by atoms with Gasteiger partial charge in [-0.15, -0.1) is 10.2 Å². The summed E-state index contributed by atoms with van der Waals surface area (Å²) in [5, 5.41) is 7.81. The molecule has 0 spiro atoms. The number of hydrogen-bond acceptors (Lipinski definition) is 4. The highest BCUT2D eigenvalue weighted by Crippen LogP contribution is 2.40. The van der Waals surface area contributed by atoms with Crippen molar-refractivity contribution in [2.24, 2.45) is 5.92 Å². The van der Waals surface area contributed by atoms with Gasteiger partial charge in [-0.3, -0.25) is 4.57 Å². The second kappa shape index (κ2) is 4.74. The van der Waals surface area contributed by atoms with E-state index < -0.39 is 14.6 Å². The van der Waals surface area contributed by atoms with E-state index >= 15 is 0 Å². The minimum Gasteiger partial charge on any atom is -0.295 e. The van der Waals surface area contributed by atoms with Gasteiger partial charge in [0, 0.05) is 22.1 Å². The summed E-state index contributed by atoms with van der Waals surface area (Å²) in [6.45, 7) is 7.98. The number of hydrogen-bond donors (Lipinski definition) is 0. The second-order valence-electron chi connectivity index (χ2n) is 6.30. The summed E-state index contributed by atoms with van der Waals surface area (Å²) in [5.74, 6) is 1.51. The highest BCUT2D eigenvalue weighted by atomic mass is 35.7. The van der Waals surface area contributed by atoms with Gasteiger partial charge in [0.2, 0.25) is 0 Å². The first-order valence-corrected chi connectivity index (χ1v) is 8.83. The molecule has 0 bridgehead atoms. The van der Waals surface area contributed by atoms with E-state index in [-0.39, 0.29) is 11.1 Å². The number of halogens is 1. The Morgan fingerprint density at radius 1 is 1.26 bits per heavy atom. The first-order valence-electron chi connectivity index (χ1n) is 6.53. The van der Waals surface area contributed by atoms with Gasteiger partial charge in [-0.1, -0.05) is 13.3 Å². The zero-order chi connectivity index (χ0) is 14.4. The van der Waals surface area contributed by atoms with Gasteiger partial charge in [0.15, 0.2) is 0 Å². The van der Waals surface area contributed by atoms with E-state index in [2.05, 4.69) is 17.1 Å². The Morgan fingerprint density at radius 2 is 1.89 bits per heavy atom. The number of rotatable bonds is 2. The monoisotopic (exact) mass is 305 g/mol. The molecule has 0 amide bonds. The Morgan fingerprint density at radius 3 is 2.32 bits per heavy atom. The van der Waals surface area contributed by atoms with Crippen molar-refractivity contribution in [2.45, 2.75) is 63.6 Å². The third-order valence-corrected chi connectivity index (χ3v) is 4.85. The van der Waals surface area contributed by atoms with Gasteiger partial charge < -0.3 is 0 Å². The summed E-state index contributed by atoms with van der Waals surface area (Å²) in [6, 6.07) is 0. The second-order valence-corrected chi connectivity index (χ2v) is 8.76. The fraction of sp³-hybridized carbons (Fsp3) is 0.833. The summed E-state index contributed by atoms with van der Waals surface area (Å²) in [7, 11) is 1.59. The van der Waals surface area contributed by atoms with E-state index in [0.29, 0.717) is 5.92 Å². The predicted octanol–water partition coefficient (Wildman–Crippen LogP) is 2.86. The summed E-state index contributed by atoms with van der Waals surface area (Å²) in [4.78, 5) is 0. The maximum Gasteiger partial charge on any atom is 0.296 e. The van der Waals surface area contributed by atoms with Crippen LogP contribution in [0.5, 0.6) is 0 Å². The maximum atomic E-state index is 11.7. The van der Waals surface area contributed by atoms with E-state index in [0.717, 1.165) is 25.1 Å². The van der Waals surface area contributed by atoms with Gasteiger partial charge in [-0.2, -0.15) is 0 Å². The molecule has 7 heteroatoms. The maximum absolute atomic E-state index is 11.7. The topological polar surface area (TPSA) is 64.8 Å². The molecule has 1 fully saturated rings. The smallest absolute Gasteiger partial charge is 0.295 e. The average Bonchev–Trinajstić information content (AvgIpc) is 2.79. The Balaban J connectivity index is 2.60. The zero-order valence-electron chi connectivity index (χ0n) is 11.7. The number of aromatic nitrogens is 3. The molecule has 19 heavy (non-hydrogen) atoms. The first-order chi connectivity index (χ1) is 8.62. The van der Waals surface area contributed by atoms with Crippen LogP contribution in [0.15, 0.2) is 5.16 Å². The van der Waals surface area contributed by atoms with Crippen LogP contribution in [0.3, 0.4) is 0 Å². The van der Waals surface area contributed by atoms with E-state index in [4.69, 9.17) is 10.7 Å². The molecule has 2 rings (SSSR count). The highest BCUT2D eigenvalue weighted by Gasteiger charge is 2.36. The van der Waals surface area contributed by atoms with Crippen LogP contribution in [0, 0.1) is 5.92 Å². The Labute approximate surface area is 118 Å². The molecule has 2 atom stereocenters. The first kappa shape index (κ1) is 14.8. The molecule has 1 aromatic heterocycles. The predicted molar refractivity (Wildman–Crippen MR) is 73.8 cm³/mol. The molecule has 1 heterocycles. The lowest BCUT2D eigenvalue weighted by molar-refractivity contribution is 0.333. The van der Waals surface area contributed by atoms with Crippen molar-refractivity contribution < 1.29 is 8.42 Å². The van der Waals surface area contributed by atoms with Crippen molar-refractivity contribution >= 4 is 19.7 Å². The molecule has 0 saturated heterocycles. The van der Waals surface area contributed by atoms with Crippen molar-refractivity contribution in [3.05, 3.63) is 5.82 Å². The minimum atomic E-state index is -3.88. The summed E-state index contributed by atoms with van der Waals surface area (Å²) < 4.78 is 25.0. The van der Waals surface area contributed by atoms with Crippen LogP contribution in [0.25, 0.3) is 0 Å². The zero-order valence-corrected chi connectivity index (χ0v) is 13.3. The van der Waals surface area contributed by atoms with Crippen molar-refractivity contribution in [2.75, 3.05) is 0 Å². The fourth-order valence-electron chi connectivity index (χ4n) is 2.84. The SMILES string of the molecule is CC1CCCC1c1nnc(S(=O)(=O)Cl)n1C(C)(C)C. The minimum absolute atomic E-state index is 0.143. The normalized spacial score (nSPS) is 24.9. The largest absolute Gasteiger partial charge is 0.296 e. The molecule has 1 aromatic rings. The molecule has 0 aromatic carbocycles. The Hall–Kier alpha value is -0.620. The third kappa shape index (κ3) is 2.79. The highest BCUT2D eigenvalue weighted by molar-refractivity contribution is 8.13. The van der Waals surface area contributed by atoms with Crippen LogP contribution >= 0.6 is 10.7 Å². The van der Waals surface area contributed by atoms with Crippen LogP contribution in [-0.4, -0.2) is 23.2 Å². The standard InChI is InChI=1S/C12H20ClN3O2S/c1-8-6-5-7-9(8)10-14-15-11(19(13,17)18)16(10)12(2,3)4/h8-9H,5-7H2,1-4H3. The summed E-state index contributed by atoms with van der Waals surface area (Å²) in [6.07, 6.45) is 3.31. The van der Waals surface area contributed by atoms with Crippen molar-refractivity contribution in [1.29, 1.82) is 0 Å². The van der Waals surface area contributed by atoms with Crippen LogP contribution in [-0.2, 0) is 14.6 Å². The molecule has 1 aliphatic rings. The van der Waals surface area contributed by atoms with Gasteiger partial charge in [-0.25, -0.2) is 8.42 Å². The van der Waals surface area contributed by atoms with Crippen molar-refractivity contribution in [3.63, 3.8) is 0 Å². The van der Waals surface area contributed by atoms with Crippen molar-refractivity contribution in [1.82, 2.24) is 14.8 Å². The molecular formula is C12H20ClN3O2S. The summed E-state index contributed by atoms with van der Waals surface area (Å²) in [5.41, 5.74) is -0.418. The molecule has 1 aliphatic carbocycles.